The largest absolute Gasteiger partial charge is 0.318 e. The molecule has 0 radical (unpaired) electrons. The van der Waals surface area contributed by atoms with Crippen LogP contribution in [-0.4, -0.2) is 0 Å². The van der Waals surface area contributed by atoms with Crippen LogP contribution < -0.4 is 4.90 Å². The fraction of sp³-hybridized carbons (Fsp3) is 0.0556. The number of nitrogens with zero attached hydrogens (tertiary/aromatic N) is 1. The molecule has 1 unspecified atom stereocenters. The van der Waals surface area contributed by atoms with E-state index in [-0.39, 0.29) is 5.92 Å². The van der Waals surface area contributed by atoms with Crippen molar-refractivity contribution >= 4 is 42.9 Å². The van der Waals surface area contributed by atoms with Crippen LogP contribution in [0.5, 0.6) is 0 Å². The van der Waals surface area contributed by atoms with Crippen molar-refractivity contribution in [2.24, 2.45) is 0 Å². The van der Waals surface area contributed by atoms with E-state index in [0.717, 1.165) is 17.8 Å². The van der Waals surface area contributed by atoms with Gasteiger partial charge in [0.25, 0.3) is 0 Å². The van der Waals surface area contributed by atoms with Gasteiger partial charge in [-0.25, -0.2) is 0 Å². The van der Waals surface area contributed by atoms with Gasteiger partial charge in [0.1, 0.15) is 0 Å². The number of benzene rings is 5. The number of hydrogen-bond acceptors (Lipinski definition) is 2. The lowest BCUT2D eigenvalue weighted by molar-refractivity contribution is 0.863. The molecule has 0 saturated heterocycles. The molecule has 0 aliphatic heterocycles. The Morgan fingerprint density at radius 2 is 1.32 bits per heavy atom. The number of para-hydroxylation sites is 1. The molecule has 1 aromatic heterocycles. The minimum atomic E-state index is 0.286. The summed E-state index contributed by atoms with van der Waals surface area (Å²) in [5.41, 5.74) is 6.08. The maximum atomic E-state index is 4.08. The fourth-order valence-corrected chi connectivity index (χ4v) is 6.31. The van der Waals surface area contributed by atoms with Crippen molar-refractivity contribution in [3.05, 3.63) is 158 Å². The van der Waals surface area contributed by atoms with Crippen LogP contribution in [0.25, 0.3) is 31.3 Å². The van der Waals surface area contributed by atoms with Gasteiger partial charge in [-0.05, 0) is 53.4 Å². The van der Waals surface area contributed by atoms with Crippen molar-refractivity contribution in [1.82, 2.24) is 0 Å². The summed E-state index contributed by atoms with van der Waals surface area (Å²) < 4.78 is 2.68. The third-order valence-corrected chi connectivity index (χ3v) is 8.27. The summed E-state index contributed by atoms with van der Waals surface area (Å²) >= 11 is 1.87. The maximum absolute atomic E-state index is 4.08. The molecule has 1 nitrogen and oxygen atoms in total. The Hall–Kier alpha value is -4.40. The Morgan fingerprint density at radius 3 is 2.08 bits per heavy atom. The first-order valence-corrected chi connectivity index (χ1v) is 13.8. The van der Waals surface area contributed by atoms with Gasteiger partial charge in [-0.15, -0.1) is 17.9 Å². The molecule has 0 bridgehead atoms. The summed E-state index contributed by atoms with van der Waals surface area (Å²) in [4.78, 5) is 2.26. The highest BCUT2D eigenvalue weighted by Crippen LogP contribution is 2.40. The quantitative estimate of drug-likeness (QED) is 0.185. The smallest absolute Gasteiger partial charge is 0.0455 e. The van der Waals surface area contributed by atoms with Gasteiger partial charge in [-0.1, -0.05) is 109 Å². The second-order valence-electron chi connectivity index (χ2n) is 9.41. The highest BCUT2D eigenvalue weighted by atomic mass is 32.1. The van der Waals surface area contributed by atoms with E-state index in [4.69, 9.17) is 0 Å². The molecule has 0 aliphatic carbocycles. The molecule has 1 heterocycles. The second kappa shape index (κ2) is 10.9. The summed E-state index contributed by atoms with van der Waals surface area (Å²) in [6, 6.07) is 45.4. The fourth-order valence-electron chi connectivity index (χ4n) is 5.07. The molecule has 38 heavy (non-hydrogen) atoms. The highest BCUT2D eigenvalue weighted by molar-refractivity contribution is 7.26. The van der Waals surface area contributed by atoms with Crippen molar-refractivity contribution in [2.75, 3.05) is 4.90 Å². The Kier molecular flexibility index (Phi) is 6.89. The number of thiophene rings is 1. The van der Waals surface area contributed by atoms with E-state index in [0.29, 0.717) is 0 Å². The Balaban J connectivity index is 1.32. The van der Waals surface area contributed by atoms with Crippen molar-refractivity contribution < 1.29 is 0 Å². The van der Waals surface area contributed by atoms with Gasteiger partial charge in [-0.3, -0.25) is 0 Å². The molecular weight excluding hydrogens is 478 g/mol. The van der Waals surface area contributed by atoms with Crippen LogP contribution in [0.4, 0.5) is 11.4 Å². The van der Waals surface area contributed by atoms with E-state index in [2.05, 4.69) is 151 Å². The van der Waals surface area contributed by atoms with Gasteiger partial charge >= 0.3 is 0 Å². The zero-order valence-corrected chi connectivity index (χ0v) is 22.0. The topological polar surface area (TPSA) is 3.24 Å². The van der Waals surface area contributed by atoms with Gasteiger partial charge in [0, 0.05) is 43.7 Å². The Morgan fingerprint density at radius 1 is 0.658 bits per heavy atom. The minimum absolute atomic E-state index is 0.286. The lowest BCUT2D eigenvalue weighted by Gasteiger charge is -2.22. The maximum Gasteiger partial charge on any atom is 0.0455 e. The predicted octanol–water partition coefficient (Wildman–Crippen LogP) is 10.7. The summed E-state index contributed by atoms with van der Waals surface area (Å²) in [6.07, 6.45) is 7.37. The molecule has 6 aromatic rings. The average molecular weight is 508 g/mol. The molecule has 1 atom stereocenters. The molecule has 0 spiro atoms. The zero-order chi connectivity index (χ0) is 25.7. The number of rotatable bonds is 8. The number of hydrogen-bond donors (Lipinski definition) is 0. The monoisotopic (exact) mass is 507 g/mol. The normalized spacial score (nSPS) is 12.2. The Labute approximate surface area is 228 Å². The van der Waals surface area contributed by atoms with E-state index in [1.807, 2.05) is 17.4 Å². The molecule has 6 rings (SSSR count). The second-order valence-corrected chi connectivity index (χ2v) is 10.5. The first-order chi connectivity index (χ1) is 18.8. The van der Waals surface area contributed by atoms with E-state index in [1.54, 1.807) is 0 Å². The van der Waals surface area contributed by atoms with Crippen molar-refractivity contribution in [1.29, 1.82) is 0 Å². The van der Waals surface area contributed by atoms with Crippen LogP contribution in [0.1, 0.15) is 17.9 Å². The van der Waals surface area contributed by atoms with Gasteiger partial charge in [-0.2, -0.15) is 0 Å². The van der Waals surface area contributed by atoms with Crippen LogP contribution in [0.3, 0.4) is 0 Å². The van der Waals surface area contributed by atoms with Crippen LogP contribution in [0.2, 0.25) is 0 Å². The summed E-state index contributed by atoms with van der Waals surface area (Å²) in [7, 11) is 0. The van der Waals surface area contributed by atoms with Gasteiger partial charge in [0.2, 0.25) is 0 Å². The molecule has 0 N–H and O–H groups in total. The molecule has 184 valence electrons. The van der Waals surface area contributed by atoms with Crippen molar-refractivity contribution in [3.8, 4) is 11.1 Å². The van der Waals surface area contributed by atoms with Crippen molar-refractivity contribution in [2.45, 2.75) is 12.3 Å². The lowest BCUT2D eigenvalue weighted by Crippen LogP contribution is -2.08. The van der Waals surface area contributed by atoms with E-state index < -0.39 is 0 Å². The molecule has 2 heteroatoms. The highest BCUT2D eigenvalue weighted by Gasteiger charge is 2.12. The average Bonchev–Trinajstić information content (AvgIpc) is 3.37. The third-order valence-electron chi connectivity index (χ3n) is 7.05. The summed E-state index contributed by atoms with van der Waals surface area (Å²) in [5, 5.41) is 2.66. The SMILES string of the molecule is C=CC(C/C=C/N(c1ccccc1)c1ccc(-c2cccc3c2sc2ccccc23)cc1)c1ccccc1. The van der Waals surface area contributed by atoms with Crippen LogP contribution in [0.15, 0.2) is 152 Å². The predicted molar refractivity (Wildman–Crippen MR) is 166 cm³/mol. The summed E-state index contributed by atoms with van der Waals surface area (Å²) in [6.45, 7) is 4.08. The molecule has 0 saturated carbocycles. The van der Waals surface area contributed by atoms with Gasteiger partial charge < -0.3 is 4.90 Å². The third kappa shape index (κ3) is 4.79. The number of anilines is 2. The van der Waals surface area contributed by atoms with Gasteiger partial charge in [0.05, 0.1) is 0 Å². The van der Waals surface area contributed by atoms with Crippen LogP contribution in [0, 0.1) is 0 Å². The standard InChI is InChI=1S/C36H29NS/c1-2-27(28-13-5-3-6-14-28)15-12-26-37(30-16-7-4-8-17-30)31-24-22-29(23-25-31)32-19-11-20-34-33-18-9-10-21-35(33)38-36(32)34/h2-14,16-27H,1,15H2/b26-12+. The van der Waals surface area contributed by atoms with Gasteiger partial charge in [0.15, 0.2) is 0 Å². The lowest BCUT2D eigenvalue weighted by atomic mass is 9.96. The van der Waals surface area contributed by atoms with E-state index in [1.165, 1.54) is 36.9 Å². The van der Waals surface area contributed by atoms with E-state index >= 15 is 0 Å². The first kappa shape index (κ1) is 24.0. The summed E-state index contributed by atoms with van der Waals surface area (Å²) in [5.74, 6) is 0.286. The molecular formula is C36H29NS. The molecule has 0 amide bonds. The molecule has 5 aromatic carbocycles. The van der Waals surface area contributed by atoms with Crippen LogP contribution in [-0.2, 0) is 0 Å². The van der Waals surface area contributed by atoms with Crippen LogP contribution >= 0.6 is 11.3 Å². The number of allylic oxidation sites excluding steroid dienone is 2. The molecule has 0 fully saturated rings. The van der Waals surface area contributed by atoms with Crippen molar-refractivity contribution in [3.63, 3.8) is 0 Å². The molecule has 0 aliphatic rings. The minimum Gasteiger partial charge on any atom is -0.318 e. The first-order valence-electron chi connectivity index (χ1n) is 13.0. The Bertz CT molecular complexity index is 1700. The van der Waals surface area contributed by atoms with E-state index in [9.17, 15) is 0 Å². The zero-order valence-electron chi connectivity index (χ0n) is 21.2. The number of fused-ring (bicyclic) bond motifs is 3.